The predicted molar refractivity (Wildman–Crippen MR) is 123 cm³/mol. The van der Waals surface area contributed by atoms with E-state index in [1.165, 1.54) is 20.0 Å². The van der Waals surface area contributed by atoms with Gasteiger partial charge in [0.05, 0.1) is 0 Å². The predicted octanol–water partition coefficient (Wildman–Crippen LogP) is 3.88. The molecule has 9 heteroatoms. The van der Waals surface area contributed by atoms with Gasteiger partial charge in [-0.1, -0.05) is 0 Å². The highest BCUT2D eigenvalue weighted by Crippen LogP contribution is 2.24. The number of carbonyl (C=O) groups excluding carboxylic acids is 3. The van der Waals surface area contributed by atoms with Crippen molar-refractivity contribution in [2.45, 2.75) is 58.8 Å². The van der Waals surface area contributed by atoms with Crippen molar-refractivity contribution >= 4 is 29.4 Å². The van der Waals surface area contributed by atoms with Gasteiger partial charge in [0.1, 0.15) is 5.60 Å². The van der Waals surface area contributed by atoms with Crippen molar-refractivity contribution in [2.75, 3.05) is 30.3 Å². The largest absolute Gasteiger partial charge is 0.444 e. The molecule has 1 amide bonds. The van der Waals surface area contributed by atoms with Gasteiger partial charge in [-0.3, -0.25) is 0 Å². The molecule has 9 nitrogen and oxygen atoms in total. The maximum atomic E-state index is 12.3. The number of likely N-dealkylation sites (tertiary alicyclic amines) is 1. The van der Waals surface area contributed by atoms with Crippen molar-refractivity contribution in [1.82, 2.24) is 4.90 Å². The zero-order valence-electron chi connectivity index (χ0n) is 19.9. The molecule has 2 aliphatic rings. The Kier molecular flexibility index (Phi) is 7.19. The molecule has 0 spiro atoms. The average Bonchev–Trinajstić information content (AvgIpc) is 2.70. The summed E-state index contributed by atoms with van der Waals surface area (Å²) in [6.45, 7) is 10.7. The number of benzene rings is 1. The topological polar surface area (TPSA) is 106 Å². The SMILES string of the molecule is CC(C)(C)OC(=O)N1CCCC(CNc2ccc(NC=C3C(=O)OC(C)(C)OC3=O)cc2)C1. The van der Waals surface area contributed by atoms with Crippen LogP contribution in [0.3, 0.4) is 0 Å². The van der Waals surface area contributed by atoms with E-state index in [-0.39, 0.29) is 11.7 Å². The second kappa shape index (κ2) is 9.72. The minimum Gasteiger partial charge on any atom is -0.444 e. The number of piperidine rings is 1. The average molecular weight is 460 g/mol. The van der Waals surface area contributed by atoms with Crippen molar-refractivity contribution in [3.05, 3.63) is 36.0 Å². The number of hydrogen-bond acceptors (Lipinski definition) is 8. The van der Waals surface area contributed by atoms with Crippen LogP contribution in [0.5, 0.6) is 0 Å². The summed E-state index contributed by atoms with van der Waals surface area (Å²) in [6, 6.07) is 7.46. The molecule has 180 valence electrons. The van der Waals surface area contributed by atoms with Gasteiger partial charge < -0.3 is 29.7 Å². The lowest BCUT2D eigenvalue weighted by molar-refractivity contribution is -0.222. The number of amides is 1. The van der Waals surface area contributed by atoms with Crippen molar-refractivity contribution < 1.29 is 28.6 Å². The van der Waals surface area contributed by atoms with Crippen molar-refractivity contribution in [1.29, 1.82) is 0 Å². The molecule has 0 aliphatic carbocycles. The molecule has 2 N–H and O–H groups in total. The zero-order chi connectivity index (χ0) is 24.2. The zero-order valence-corrected chi connectivity index (χ0v) is 19.9. The fourth-order valence-corrected chi connectivity index (χ4v) is 3.60. The van der Waals surface area contributed by atoms with E-state index in [0.29, 0.717) is 18.2 Å². The first-order valence-electron chi connectivity index (χ1n) is 11.2. The standard InChI is InChI=1S/C24H33N3O6/c1-23(2,3)33-22(30)27-12-6-7-16(15-27)13-25-17-8-10-18(11-9-17)26-14-19-20(28)31-24(4,5)32-21(19)29/h8-11,14,16,25-26H,6-7,12-13,15H2,1-5H3. The maximum absolute atomic E-state index is 12.3. The molecule has 0 aromatic heterocycles. The summed E-state index contributed by atoms with van der Waals surface area (Å²) < 4.78 is 15.6. The first-order chi connectivity index (χ1) is 15.4. The van der Waals surface area contributed by atoms with Gasteiger partial charge in [0.15, 0.2) is 5.57 Å². The minimum atomic E-state index is -1.26. The third-order valence-corrected chi connectivity index (χ3v) is 5.15. The molecule has 2 saturated heterocycles. The minimum absolute atomic E-state index is 0.191. The van der Waals surface area contributed by atoms with Gasteiger partial charge in [-0.15, -0.1) is 0 Å². The van der Waals surface area contributed by atoms with Crippen LogP contribution in [0.1, 0.15) is 47.5 Å². The number of rotatable bonds is 5. The fourth-order valence-electron chi connectivity index (χ4n) is 3.60. The smallest absolute Gasteiger partial charge is 0.410 e. The van der Waals surface area contributed by atoms with Crippen LogP contribution in [0.15, 0.2) is 36.0 Å². The summed E-state index contributed by atoms with van der Waals surface area (Å²) in [5.74, 6) is -2.38. The van der Waals surface area contributed by atoms with Crippen LogP contribution in [0.25, 0.3) is 0 Å². The van der Waals surface area contributed by atoms with Crippen LogP contribution < -0.4 is 10.6 Å². The Bertz CT molecular complexity index is 895. The normalized spacial score (nSPS) is 20.5. The molecule has 3 rings (SSSR count). The lowest BCUT2D eigenvalue weighted by Crippen LogP contribution is -2.44. The van der Waals surface area contributed by atoms with Crippen LogP contribution in [0.2, 0.25) is 0 Å². The Labute approximate surface area is 194 Å². The van der Waals surface area contributed by atoms with Gasteiger partial charge in [0, 0.05) is 51.1 Å². The second-order valence-electron chi connectivity index (χ2n) is 9.77. The molecule has 1 aromatic rings. The summed E-state index contributed by atoms with van der Waals surface area (Å²) in [5.41, 5.74) is 0.943. The highest BCUT2D eigenvalue weighted by atomic mass is 16.7. The molecule has 1 aromatic carbocycles. The number of anilines is 2. The summed E-state index contributed by atoms with van der Waals surface area (Å²) in [6.07, 6.45) is 3.02. The molecule has 2 heterocycles. The van der Waals surface area contributed by atoms with Gasteiger partial charge in [0.2, 0.25) is 0 Å². The number of nitrogens with one attached hydrogen (secondary N) is 2. The van der Waals surface area contributed by atoms with E-state index in [1.54, 1.807) is 4.90 Å². The number of nitrogens with zero attached hydrogens (tertiary/aromatic N) is 1. The van der Waals surface area contributed by atoms with E-state index in [1.807, 2.05) is 45.0 Å². The van der Waals surface area contributed by atoms with Crippen LogP contribution >= 0.6 is 0 Å². The molecule has 1 atom stereocenters. The summed E-state index contributed by atoms with van der Waals surface area (Å²) >= 11 is 0. The Morgan fingerprint density at radius 1 is 1.15 bits per heavy atom. The number of ether oxygens (including phenoxy) is 3. The van der Waals surface area contributed by atoms with Crippen molar-refractivity contribution in [3.8, 4) is 0 Å². The van der Waals surface area contributed by atoms with Crippen LogP contribution in [0.4, 0.5) is 16.2 Å². The third kappa shape index (κ3) is 7.13. The molecular weight excluding hydrogens is 426 g/mol. The fraction of sp³-hybridized carbons (Fsp3) is 0.542. The Hall–Kier alpha value is -3.23. The first kappa shape index (κ1) is 24.4. The number of cyclic esters (lactones) is 2. The summed E-state index contributed by atoms with van der Waals surface area (Å²) in [7, 11) is 0. The van der Waals surface area contributed by atoms with E-state index in [4.69, 9.17) is 14.2 Å². The second-order valence-corrected chi connectivity index (χ2v) is 9.77. The van der Waals surface area contributed by atoms with Crippen molar-refractivity contribution in [3.63, 3.8) is 0 Å². The van der Waals surface area contributed by atoms with E-state index < -0.39 is 23.3 Å². The van der Waals surface area contributed by atoms with E-state index in [9.17, 15) is 14.4 Å². The number of carbonyl (C=O) groups is 3. The van der Waals surface area contributed by atoms with Gasteiger partial charge in [-0.2, -0.15) is 0 Å². The molecule has 2 aliphatic heterocycles. The van der Waals surface area contributed by atoms with Crippen LogP contribution in [-0.4, -0.2) is 54.0 Å². The maximum Gasteiger partial charge on any atom is 0.410 e. The Morgan fingerprint density at radius 3 is 2.36 bits per heavy atom. The van der Waals surface area contributed by atoms with Gasteiger partial charge in [-0.05, 0) is 63.8 Å². The molecule has 0 saturated carbocycles. The third-order valence-electron chi connectivity index (χ3n) is 5.15. The monoisotopic (exact) mass is 459 g/mol. The van der Waals surface area contributed by atoms with Crippen molar-refractivity contribution in [2.24, 2.45) is 5.92 Å². The van der Waals surface area contributed by atoms with E-state index in [2.05, 4.69) is 10.6 Å². The van der Waals surface area contributed by atoms with Gasteiger partial charge >= 0.3 is 18.0 Å². The highest BCUT2D eigenvalue weighted by molar-refractivity contribution is 6.15. The van der Waals surface area contributed by atoms with Gasteiger partial charge in [-0.25, -0.2) is 14.4 Å². The number of hydrogen-bond donors (Lipinski definition) is 2. The Morgan fingerprint density at radius 2 is 1.76 bits per heavy atom. The molecule has 1 unspecified atom stereocenters. The quantitative estimate of drug-likeness (QED) is 0.388. The molecule has 0 radical (unpaired) electrons. The van der Waals surface area contributed by atoms with E-state index in [0.717, 1.165) is 31.6 Å². The number of esters is 2. The lowest BCUT2D eigenvalue weighted by atomic mass is 9.98. The molecule has 2 fully saturated rings. The molecule has 33 heavy (non-hydrogen) atoms. The lowest BCUT2D eigenvalue weighted by Gasteiger charge is -2.34. The Balaban J connectivity index is 1.49. The molecular formula is C24H33N3O6. The summed E-state index contributed by atoms with van der Waals surface area (Å²) in [5, 5.41) is 6.33. The highest BCUT2D eigenvalue weighted by Gasteiger charge is 2.39. The van der Waals surface area contributed by atoms with Crippen LogP contribution in [0, 0.1) is 5.92 Å². The summed E-state index contributed by atoms with van der Waals surface area (Å²) in [4.78, 5) is 38.1. The van der Waals surface area contributed by atoms with E-state index >= 15 is 0 Å². The molecule has 0 bridgehead atoms. The first-order valence-corrected chi connectivity index (χ1v) is 11.2. The van der Waals surface area contributed by atoms with Crippen LogP contribution in [-0.2, 0) is 23.8 Å². The van der Waals surface area contributed by atoms with Gasteiger partial charge in [0.25, 0.3) is 5.79 Å².